The lowest BCUT2D eigenvalue weighted by Crippen LogP contribution is -2.34. The van der Waals surface area contributed by atoms with Gasteiger partial charge in [0.15, 0.2) is 0 Å². The Morgan fingerprint density at radius 1 is 1.13 bits per heavy atom. The minimum Gasteiger partial charge on any atom is -0.508 e. The molecule has 0 saturated heterocycles. The molecule has 2 rings (SSSR count). The van der Waals surface area contributed by atoms with Gasteiger partial charge < -0.3 is 10.4 Å². The fourth-order valence-corrected chi connectivity index (χ4v) is 3.07. The van der Waals surface area contributed by atoms with Crippen molar-refractivity contribution in [2.24, 2.45) is 0 Å². The van der Waals surface area contributed by atoms with Gasteiger partial charge in [-0.05, 0) is 48.5 Å². The van der Waals surface area contributed by atoms with E-state index in [1.807, 2.05) is 0 Å². The number of rotatable bonds is 5. The Hall–Kier alpha value is -2.09. The van der Waals surface area contributed by atoms with Crippen LogP contribution in [0.15, 0.2) is 53.4 Å². The van der Waals surface area contributed by atoms with Crippen molar-refractivity contribution < 1.29 is 18.3 Å². The topological polar surface area (TPSA) is 86.7 Å². The summed E-state index contributed by atoms with van der Waals surface area (Å²) >= 11 is 5.74. The van der Waals surface area contributed by atoms with Crippen LogP contribution in [0.5, 0.6) is 5.75 Å². The number of anilines is 1. The van der Waals surface area contributed by atoms with Crippen molar-refractivity contribution in [3.05, 3.63) is 53.6 Å². The lowest BCUT2D eigenvalue weighted by Gasteiger charge is -2.17. The Kier molecular flexibility index (Phi) is 5.25. The van der Waals surface area contributed by atoms with E-state index in [4.69, 9.17) is 11.6 Å². The molecule has 0 saturated carbocycles. The fraction of sp³-hybridized carbons (Fsp3) is 0.133. The van der Waals surface area contributed by atoms with Gasteiger partial charge in [-0.25, -0.2) is 8.42 Å². The summed E-state index contributed by atoms with van der Waals surface area (Å²) in [4.78, 5) is 12.0. The van der Waals surface area contributed by atoms with E-state index in [1.54, 1.807) is 0 Å². The average Bonchev–Trinajstić information content (AvgIpc) is 2.50. The lowest BCUT2D eigenvalue weighted by molar-refractivity contribution is -0.116. The van der Waals surface area contributed by atoms with Crippen LogP contribution in [0.25, 0.3) is 0 Å². The van der Waals surface area contributed by atoms with Crippen molar-refractivity contribution in [2.75, 3.05) is 18.9 Å². The first kappa shape index (κ1) is 17.3. The summed E-state index contributed by atoms with van der Waals surface area (Å²) < 4.78 is 25.6. The molecule has 2 aromatic carbocycles. The third-order valence-electron chi connectivity index (χ3n) is 3.04. The van der Waals surface area contributed by atoms with E-state index in [0.29, 0.717) is 10.7 Å². The molecule has 2 N–H and O–H groups in total. The number of amides is 1. The van der Waals surface area contributed by atoms with Crippen LogP contribution in [0.4, 0.5) is 5.69 Å². The Morgan fingerprint density at radius 2 is 1.70 bits per heavy atom. The van der Waals surface area contributed by atoms with Crippen molar-refractivity contribution in [2.45, 2.75) is 4.90 Å². The molecule has 0 radical (unpaired) electrons. The van der Waals surface area contributed by atoms with Crippen molar-refractivity contribution in [3.8, 4) is 5.75 Å². The number of sulfonamides is 1. The Bertz CT molecular complexity index is 789. The second-order valence-corrected chi connectivity index (χ2v) is 7.29. The normalized spacial score (nSPS) is 11.4. The molecule has 23 heavy (non-hydrogen) atoms. The molecule has 0 aliphatic rings. The van der Waals surface area contributed by atoms with Crippen LogP contribution < -0.4 is 5.32 Å². The van der Waals surface area contributed by atoms with Crippen LogP contribution in [-0.2, 0) is 14.8 Å². The maximum Gasteiger partial charge on any atom is 0.243 e. The Labute approximate surface area is 139 Å². The molecule has 0 heterocycles. The Balaban J connectivity index is 2.05. The number of benzene rings is 2. The third kappa shape index (κ3) is 4.44. The van der Waals surface area contributed by atoms with Gasteiger partial charge in [0.25, 0.3) is 0 Å². The molecular formula is C15H15ClN2O4S. The van der Waals surface area contributed by atoms with Gasteiger partial charge in [-0.2, -0.15) is 4.31 Å². The highest BCUT2D eigenvalue weighted by molar-refractivity contribution is 7.89. The number of carbonyl (C=O) groups is 1. The smallest absolute Gasteiger partial charge is 0.243 e. The molecule has 122 valence electrons. The van der Waals surface area contributed by atoms with Gasteiger partial charge in [-0.3, -0.25) is 4.79 Å². The summed E-state index contributed by atoms with van der Waals surface area (Å²) in [5.41, 5.74) is 0.463. The van der Waals surface area contributed by atoms with E-state index in [0.717, 1.165) is 4.31 Å². The van der Waals surface area contributed by atoms with Gasteiger partial charge in [0, 0.05) is 17.8 Å². The van der Waals surface area contributed by atoms with Gasteiger partial charge in [0.2, 0.25) is 15.9 Å². The maximum atomic E-state index is 12.3. The second kappa shape index (κ2) is 6.99. The molecule has 0 aliphatic carbocycles. The van der Waals surface area contributed by atoms with Crippen LogP contribution in [0.2, 0.25) is 5.02 Å². The van der Waals surface area contributed by atoms with Gasteiger partial charge >= 0.3 is 0 Å². The van der Waals surface area contributed by atoms with Crippen LogP contribution in [0.1, 0.15) is 0 Å². The van der Waals surface area contributed by atoms with Gasteiger partial charge in [0.05, 0.1) is 11.4 Å². The minimum absolute atomic E-state index is 0.0573. The molecule has 0 spiro atoms. The number of hydrogen-bond donors (Lipinski definition) is 2. The summed E-state index contributed by atoms with van der Waals surface area (Å²) in [5.74, 6) is -0.416. The molecular weight excluding hydrogens is 340 g/mol. The number of halogens is 1. The lowest BCUT2D eigenvalue weighted by atomic mass is 10.3. The SMILES string of the molecule is CN(CC(=O)Nc1ccc(O)cc1)S(=O)(=O)c1ccc(Cl)cc1. The van der Waals surface area contributed by atoms with Crippen LogP contribution in [-0.4, -0.2) is 37.3 Å². The van der Waals surface area contributed by atoms with Crippen molar-refractivity contribution in [1.82, 2.24) is 4.31 Å². The highest BCUT2D eigenvalue weighted by Gasteiger charge is 2.22. The Morgan fingerprint density at radius 3 is 2.26 bits per heavy atom. The average molecular weight is 355 g/mol. The van der Waals surface area contributed by atoms with Gasteiger partial charge in [-0.1, -0.05) is 11.6 Å². The molecule has 0 fully saturated rings. The molecule has 0 bridgehead atoms. The monoisotopic (exact) mass is 354 g/mol. The maximum absolute atomic E-state index is 12.3. The first-order chi connectivity index (χ1) is 10.8. The highest BCUT2D eigenvalue weighted by atomic mass is 35.5. The molecule has 1 amide bonds. The molecule has 6 nitrogen and oxygen atoms in total. The van der Waals surface area contributed by atoms with E-state index in [-0.39, 0.29) is 17.2 Å². The van der Waals surface area contributed by atoms with Crippen LogP contribution in [0, 0.1) is 0 Å². The fourth-order valence-electron chi connectivity index (χ4n) is 1.82. The molecule has 8 heteroatoms. The van der Waals surface area contributed by atoms with E-state index in [2.05, 4.69) is 5.32 Å². The molecule has 0 aromatic heterocycles. The summed E-state index contributed by atoms with van der Waals surface area (Å²) in [5, 5.41) is 12.2. The van der Waals surface area contributed by atoms with E-state index in [1.165, 1.54) is 55.6 Å². The number of hydrogen-bond acceptors (Lipinski definition) is 4. The summed E-state index contributed by atoms with van der Waals surface area (Å²) in [6, 6.07) is 11.6. The number of likely N-dealkylation sites (N-methyl/N-ethyl adjacent to an activating group) is 1. The zero-order chi connectivity index (χ0) is 17.0. The quantitative estimate of drug-likeness (QED) is 0.807. The summed E-state index contributed by atoms with van der Waals surface area (Å²) in [6.07, 6.45) is 0. The number of nitrogens with one attached hydrogen (secondary N) is 1. The van der Waals surface area contributed by atoms with Crippen LogP contribution in [0.3, 0.4) is 0 Å². The zero-order valence-corrected chi connectivity index (χ0v) is 13.8. The van der Waals surface area contributed by atoms with Crippen molar-refractivity contribution >= 4 is 33.2 Å². The van der Waals surface area contributed by atoms with Crippen molar-refractivity contribution in [3.63, 3.8) is 0 Å². The molecule has 0 unspecified atom stereocenters. The van der Waals surface area contributed by atoms with Crippen molar-refractivity contribution in [1.29, 1.82) is 0 Å². The summed E-state index contributed by atoms with van der Waals surface area (Å²) in [7, 11) is -2.46. The first-order valence-electron chi connectivity index (χ1n) is 6.60. The standard InChI is InChI=1S/C15H15ClN2O4S/c1-18(23(21,22)14-8-2-11(16)3-9-14)10-15(20)17-12-4-6-13(19)7-5-12/h2-9,19H,10H2,1H3,(H,17,20). The van der Waals surface area contributed by atoms with Gasteiger partial charge in [-0.15, -0.1) is 0 Å². The van der Waals surface area contributed by atoms with E-state index < -0.39 is 15.9 Å². The number of nitrogens with zero attached hydrogens (tertiary/aromatic N) is 1. The molecule has 0 aliphatic heterocycles. The number of phenols is 1. The third-order valence-corrected chi connectivity index (χ3v) is 5.11. The predicted molar refractivity (Wildman–Crippen MR) is 88.0 cm³/mol. The number of phenolic OH excluding ortho intramolecular Hbond substituents is 1. The van der Waals surface area contributed by atoms with E-state index in [9.17, 15) is 18.3 Å². The van der Waals surface area contributed by atoms with Crippen LogP contribution >= 0.6 is 11.6 Å². The highest BCUT2D eigenvalue weighted by Crippen LogP contribution is 2.18. The molecule has 2 aromatic rings. The minimum atomic E-state index is -3.78. The largest absolute Gasteiger partial charge is 0.508 e. The molecule has 0 atom stereocenters. The number of carbonyl (C=O) groups excluding carboxylic acids is 1. The second-order valence-electron chi connectivity index (χ2n) is 4.81. The number of aromatic hydroxyl groups is 1. The zero-order valence-electron chi connectivity index (χ0n) is 12.2. The first-order valence-corrected chi connectivity index (χ1v) is 8.41. The van der Waals surface area contributed by atoms with Gasteiger partial charge in [0.1, 0.15) is 5.75 Å². The summed E-state index contributed by atoms with van der Waals surface area (Å²) in [6.45, 7) is -0.341. The predicted octanol–water partition coefficient (Wildman–Crippen LogP) is 2.30. The van der Waals surface area contributed by atoms with E-state index >= 15 is 0 Å².